The lowest BCUT2D eigenvalue weighted by molar-refractivity contribution is 0.516. The van der Waals surface area contributed by atoms with Gasteiger partial charge in [0.05, 0.1) is 0 Å². The lowest BCUT2D eigenvalue weighted by Crippen LogP contribution is -2.13. The van der Waals surface area contributed by atoms with E-state index in [1.165, 1.54) is 135 Å². The van der Waals surface area contributed by atoms with E-state index in [0.29, 0.717) is 6.04 Å². The first kappa shape index (κ1) is 25.0. The number of hydrogen-bond acceptors (Lipinski definition) is 1. The maximum Gasteiger partial charge on any atom is 0.00104 e. The van der Waals surface area contributed by atoms with Gasteiger partial charge in [0, 0.05) is 6.04 Å². The Morgan fingerprint density at radius 3 is 0.920 bits per heavy atom. The second-order valence-electron chi connectivity index (χ2n) is 8.48. The van der Waals surface area contributed by atoms with E-state index in [1.54, 1.807) is 0 Å². The Morgan fingerprint density at radius 2 is 0.680 bits per heavy atom. The van der Waals surface area contributed by atoms with Gasteiger partial charge in [-0.05, 0) is 13.3 Å². The van der Waals surface area contributed by atoms with Gasteiger partial charge in [0.25, 0.3) is 0 Å². The van der Waals surface area contributed by atoms with Gasteiger partial charge in [-0.2, -0.15) is 0 Å². The van der Waals surface area contributed by atoms with Gasteiger partial charge in [-0.25, -0.2) is 0 Å². The summed E-state index contributed by atoms with van der Waals surface area (Å²) in [5.41, 5.74) is 5.77. The van der Waals surface area contributed by atoms with Gasteiger partial charge in [0.15, 0.2) is 0 Å². The second kappa shape index (κ2) is 22.0. The molecule has 0 aliphatic heterocycles. The summed E-state index contributed by atoms with van der Waals surface area (Å²) in [6, 6.07) is 0.399. The third-order valence-electron chi connectivity index (χ3n) is 5.51. The molecule has 0 saturated carbocycles. The van der Waals surface area contributed by atoms with Crippen molar-refractivity contribution in [1.82, 2.24) is 0 Å². The second-order valence-corrected chi connectivity index (χ2v) is 8.48. The Kier molecular flexibility index (Phi) is 22.0. The molecule has 0 aliphatic rings. The minimum Gasteiger partial charge on any atom is -0.328 e. The van der Waals surface area contributed by atoms with Crippen molar-refractivity contribution in [1.29, 1.82) is 0 Å². The fraction of sp³-hybridized carbons (Fsp3) is 1.00. The third-order valence-corrected chi connectivity index (χ3v) is 5.51. The Hall–Kier alpha value is -0.0400. The summed E-state index contributed by atoms with van der Waals surface area (Å²) in [5, 5.41) is 0. The van der Waals surface area contributed by atoms with Crippen LogP contribution in [-0.2, 0) is 0 Å². The van der Waals surface area contributed by atoms with Gasteiger partial charge >= 0.3 is 0 Å². The molecule has 0 spiro atoms. The Labute approximate surface area is 160 Å². The fourth-order valence-corrected chi connectivity index (χ4v) is 3.72. The first-order chi connectivity index (χ1) is 12.3. The van der Waals surface area contributed by atoms with Crippen LogP contribution in [0.15, 0.2) is 0 Å². The average Bonchev–Trinajstić information content (AvgIpc) is 2.60. The molecule has 1 atom stereocenters. The topological polar surface area (TPSA) is 26.0 Å². The highest BCUT2D eigenvalue weighted by atomic mass is 14.6. The molecule has 0 saturated heterocycles. The van der Waals surface area contributed by atoms with E-state index in [9.17, 15) is 0 Å². The van der Waals surface area contributed by atoms with Crippen LogP contribution in [0.25, 0.3) is 0 Å². The van der Waals surface area contributed by atoms with Crippen molar-refractivity contribution in [3.63, 3.8) is 0 Å². The van der Waals surface area contributed by atoms with E-state index >= 15 is 0 Å². The summed E-state index contributed by atoms with van der Waals surface area (Å²) in [6.07, 6.45) is 30.2. The van der Waals surface area contributed by atoms with Crippen LogP contribution >= 0.6 is 0 Å². The molecular weight excluding hydrogens is 302 g/mol. The van der Waals surface area contributed by atoms with Crippen molar-refractivity contribution in [2.24, 2.45) is 5.73 Å². The van der Waals surface area contributed by atoms with Gasteiger partial charge in [0.1, 0.15) is 0 Å². The van der Waals surface area contributed by atoms with E-state index in [0.717, 1.165) is 0 Å². The van der Waals surface area contributed by atoms with Crippen molar-refractivity contribution in [3.05, 3.63) is 0 Å². The molecule has 2 N–H and O–H groups in total. The maximum atomic E-state index is 5.77. The lowest BCUT2D eigenvalue weighted by atomic mass is 10.0. The highest BCUT2D eigenvalue weighted by Crippen LogP contribution is 2.15. The summed E-state index contributed by atoms with van der Waals surface area (Å²) in [5.74, 6) is 0. The highest BCUT2D eigenvalue weighted by Gasteiger charge is 1.96. The Balaban J connectivity index is 2.96. The predicted molar refractivity (Wildman–Crippen MR) is 116 cm³/mol. The molecule has 0 radical (unpaired) electrons. The monoisotopic (exact) mass is 353 g/mol. The van der Waals surface area contributed by atoms with Gasteiger partial charge in [0.2, 0.25) is 0 Å². The third kappa shape index (κ3) is 24.0. The molecule has 0 aromatic heterocycles. The highest BCUT2D eigenvalue weighted by molar-refractivity contribution is 4.54. The van der Waals surface area contributed by atoms with Crippen LogP contribution in [-0.4, -0.2) is 6.04 Å². The molecule has 0 aliphatic carbocycles. The van der Waals surface area contributed by atoms with Crippen molar-refractivity contribution >= 4 is 0 Å². The van der Waals surface area contributed by atoms with Crippen LogP contribution in [0.5, 0.6) is 0 Å². The Bertz CT molecular complexity index is 224. The maximum absolute atomic E-state index is 5.77. The largest absolute Gasteiger partial charge is 0.328 e. The molecule has 152 valence electrons. The zero-order chi connectivity index (χ0) is 18.4. The molecule has 0 bridgehead atoms. The Morgan fingerprint density at radius 1 is 0.440 bits per heavy atom. The zero-order valence-electron chi connectivity index (χ0n) is 18.0. The van der Waals surface area contributed by atoms with Gasteiger partial charge in [-0.1, -0.05) is 135 Å². The van der Waals surface area contributed by atoms with Crippen LogP contribution in [0.4, 0.5) is 0 Å². The minimum absolute atomic E-state index is 0.399. The molecule has 0 unspecified atom stereocenters. The zero-order valence-corrected chi connectivity index (χ0v) is 18.0. The molecule has 0 amide bonds. The molecule has 0 fully saturated rings. The summed E-state index contributed by atoms with van der Waals surface area (Å²) in [7, 11) is 0. The minimum atomic E-state index is 0.399. The van der Waals surface area contributed by atoms with Crippen LogP contribution in [0, 0.1) is 0 Å². The average molecular weight is 354 g/mol. The van der Waals surface area contributed by atoms with Crippen LogP contribution in [0.2, 0.25) is 0 Å². The predicted octanol–water partition coefficient (Wildman–Crippen LogP) is 8.55. The van der Waals surface area contributed by atoms with Crippen molar-refractivity contribution < 1.29 is 0 Å². The van der Waals surface area contributed by atoms with Gasteiger partial charge in [-0.15, -0.1) is 0 Å². The summed E-state index contributed by atoms with van der Waals surface area (Å²) in [6.45, 7) is 4.42. The van der Waals surface area contributed by atoms with E-state index in [4.69, 9.17) is 5.73 Å². The molecule has 25 heavy (non-hydrogen) atoms. The standard InChI is InChI=1S/C24H51N/c1-3-4-5-6-7-8-9-10-11-12-13-14-15-16-17-18-19-20-21-22-23-24(2)25/h24H,3-23,25H2,1-2H3/t24-/m0/s1. The van der Waals surface area contributed by atoms with Crippen molar-refractivity contribution in [2.75, 3.05) is 0 Å². The van der Waals surface area contributed by atoms with Crippen molar-refractivity contribution in [3.8, 4) is 0 Å². The van der Waals surface area contributed by atoms with E-state index < -0.39 is 0 Å². The molecular formula is C24H51N. The van der Waals surface area contributed by atoms with E-state index in [-0.39, 0.29) is 0 Å². The smallest absolute Gasteiger partial charge is 0.00104 e. The van der Waals surface area contributed by atoms with Gasteiger partial charge < -0.3 is 5.73 Å². The number of nitrogens with two attached hydrogens (primary N) is 1. The molecule has 0 aromatic rings. The van der Waals surface area contributed by atoms with E-state index in [1.807, 2.05) is 0 Å². The molecule has 0 rings (SSSR count). The van der Waals surface area contributed by atoms with E-state index in [2.05, 4.69) is 13.8 Å². The molecule has 0 aromatic carbocycles. The first-order valence-electron chi connectivity index (χ1n) is 12.0. The number of hydrogen-bond donors (Lipinski definition) is 1. The first-order valence-corrected chi connectivity index (χ1v) is 12.0. The number of unbranched alkanes of at least 4 members (excludes halogenated alkanes) is 19. The normalized spacial score (nSPS) is 12.6. The SMILES string of the molecule is CCCCCCCCCCCCCCCCCCCCCC[C@H](C)N. The molecule has 1 nitrogen and oxygen atoms in total. The quantitative estimate of drug-likeness (QED) is 0.205. The van der Waals surface area contributed by atoms with Crippen LogP contribution in [0.3, 0.4) is 0 Å². The molecule has 1 heteroatoms. The van der Waals surface area contributed by atoms with Crippen LogP contribution in [0.1, 0.15) is 149 Å². The molecule has 0 heterocycles. The summed E-state index contributed by atoms with van der Waals surface area (Å²) < 4.78 is 0. The number of rotatable bonds is 21. The van der Waals surface area contributed by atoms with Gasteiger partial charge in [-0.3, -0.25) is 0 Å². The summed E-state index contributed by atoms with van der Waals surface area (Å²) in [4.78, 5) is 0. The summed E-state index contributed by atoms with van der Waals surface area (Å²) >= 11 is 0. The van der Waals surface area contributed by atoms with Crippen molar-refractivity contribution in [2.45, 2.75) is 155 Å². The fourth-order valence-electron chi connectivity index (χ4n) is 3.72. The lowest BCUT2D eigenvalue weighted by Gasteiger charge is -2.05. The van der Waals surface area contributed by atoms with Crippen LogP contribution < -0.4 is 5.73 Å².